The van der Waals surface area contributed by atoms with E-state index in [2.05, 4.69) is 0 Å². The molecule has 1 unspecified atom stereocenters. The number of benzene rings is 1. The van der Waals surface area contributed by atoms with Gasteiger partial charge in [-0.05, 0) is 38.6 Å². The highest BCUT2D eigenvalue weighted by Crippen LogP contribution is 2.24. The van der Waals surface area contributed by atoms with E-state index in [0.717, 1.165) is 17.5 Å². The van der Waals surface area contributed by atoms with Crippen molar-refractivity contribution in [1.29, 1.82) is 0 Å². The number of carbonyl (C=O) groups excluding carboxylic acids is 1. The molecule has 0 radical (unpaired) electrons. The van der Waals surface area contributed by atoms with Crippen LogP contribution in [0.2, 0.25) is 0 Å². The van der Waals surface area contributed by atoms with Crippen molar-refractivity contribution in [3.8, 4) is 0 Å². The maximum absolute atomic E-state index is 12.8. The summed E-state index contributed by atoms with van der Waals surface area (Å²) in [7, 11) is 3.83. The second-order valence-corrected chi connectivity index (χ2v) is 5.27. The van der Waals surface area contributed by atoms with Gasteiger partial charge in [0.25, 0.3) is 0 Å². The van der Waals surface area contributed by atoms with Crippen LogP contribution >= 0.6 is 0 Å². The molecule has 1 atom stereocenters. The van der Waals surface area contributed by atoms with Crippen LogP contribution in [-0.2, 0) is 4.79 Å². The van der Waals surface area contributed by atoms with Crippen molar-refractivity contribution in [2.75, 3.05) is 33.8 Å². The molecule has 112 valence electrons. The summed E-state index contributed by atoms with van der Waals surface area (Å²) in [6.45, 7) is 5.13. The van der Waals surface area contributed by atoms with Crippen molar-refractivity contribution in [3.05, 3.63) is 35.4 Å². The van der Waals surface area contributed by atoms with E-state index in [1.807, 2.05) is 57.1 Å². The van der Waals surface area contributed by atoms with Crippen molar-refractivity contribution < 1.29 is 9.90 Å². The zero-order valence-corrected chi connectivity index (χ0v) is 13.0. The fourth-order valence-corrected chi connectivity index (χ4v) is 2.42. The van der Waals surface area contributed by atoms with E-state index in [0.29, 0.717) is 13.1 Å². The number of carbonyl (C=O) groups is 1. The third-order valence-electron chi connectivity index (χ3n) is 3.41. The maximum Gasteiger partial charge on any atom is 0.244 e. The number of aryl methyl sites for hydroxylation is 1. The fourth-order valence-electron chi connectivity index (χ4n) is 2.42. The van der Waals surface area contributed by atoms with Crippen LogP contribution in [0.4, 0.5) is 0 Å². The molecule has 0 fully saturated rings. The highest BCUT2D eigenvalue weighted by Gasteiger charge is 2.28. The second kappa shape index (κ2) is 8.02. The molecule has 1 rings (SSSR count). The minimum Gasteiger partial charge on any atom is -0.395 e. The predicted octanol–water partition coefficient (Wildman–Crippen LogP) is 1.83. The van der Waals surface area contributed by atoms with Crippen molar-refractivity contribution in [2.45, 2.75) is 26.3 Å². The van der Waals surface area contributed by atoms with Gasteiger partial charge in [-0.25, -0.2) is 0 Å². The van der Waals surface area contributed by atoms with Gasteiger partial charge in [-0.15, -0.1) is 0 Å². The Labute approximate surface area is 122 Å². The topological polar surface area (TPSA) is 43.8 Å². The minimum atomic E-state index is -0.297. The van der Waals surface area contributed by atoms with E-state index in [9.17, 15) is 4.79 Å². The summed E-state index contributed by atoms with van der Waals surface area (Å²) in [4.78, 5) is 16.5. The van der Waals surface area contributed by atoms with Gasteiger partial charge in [0.2, 0.25) is 5.91 Å². The SMILES string of the molecule is CCCN(CCO)C(=O)C(c1ccccc1C)N(C)C. The van der Waals surface area contributed by atoms with Crippen LogP contribution in [0.1, 0.15) is 30.5 Å². The summed E-state index contributed by atoms with van der Waals surface area (Å²) in [6.07, 6.45) is 0.889. The maximum atomic E-state index is 12.8. The van der Waals surface area contributed by atoms with Crippen LogP contribution in [-0.4, -0.2) is 54.6 Å². The Morgan fingerprint density at radius 3 is 2.40 bits per heavy atom. The van der Waals surface area contributed by atoms with Gasteiger partial charge in [-0.3, -0.25) is 9.69 Å². The number of aliphatic hydroxyl groups excluding tert-OH is 1. The molecule has 0 spiro atoms. The molecule has 1 amide bonds. The van der Waals surface area contributed by atoms with Crippen molar-refractivity contribution in [1.82, 2.24) is 9.80 Å². The highest BCUT2D eigenvalue weighted by atomic mass is 16.3. The molecule has 4 heteroatoms. The number of hydrogen-bond donors (Lipinski definition) is 1. The van der Waals surface area contributed by atoms with Crippen molar-refractivity contribution in [2.24, 2.45) is 0 Å². The average molecular weight is 278 g/mol. The highest BCUT2D eigenvalue weighted by molar-refractivity contribution is 5.83. The lowest BCUT2D eigenvalue weighted by molar-refractivity contribution is -0.137. The molecule has 20 heavy (non-hydrogen) atoms. The van der Waals surface area contributed by atoms with Crippen molar-refractivity contribution >= 4 is 5.91 Å². The summed E-state index contributed by atoms with van der Waals surface area (Å²) < 4.78 is 0. The van der Waals surface area contributed by atoms with Crippen LogP contribution in [0.5, 0.6) is 0 Å². The Balaban J connectivity index is 3.07. The lowest BCUT2D eigenvalue weighted by Crippen LogP contribution is -2.42. The predicted molar refractivity (Wildman–Crippen MR) is 81.6 cm³/mol. The Hall–Kier alpha value is -1.39. The largest absolute Gasteiger partial charge is 0.395 e. The number of nitrogens with zero attached hydrogens (tertiary/aromatic N) is 2. The van der Waals surface area contributed by atoms with E-state index in [4.69, 9.17) is 5.11 Å². The summed E-state index contributed by atoms with van der Waals surface area (Å²) in [6, 6.07) is 7.67. The lowest BCUT2D eigenvalue weighted by Gasteiger charge is -2.31. The molecule has 0 bridgehead atoms. The molecule has 1 N–H and O–H groups in total. The van der Waals surface area contributed by atoms with Crippen LogP contribution in [0.15, 0.2) is 24.3 Å². The molecular weight excluding hydrogens is 252 g/mol. The van der Waals surface area contributed by atoms with E-state index >= 15 is 0 Å². The number of likely N-dealkylation sites (N-methyl/N-ethyl adjacent to an activating group) is 1. The van der Waals surface area contributed by atoms with Gasteiger partial charge < -0.3 is 10.0 Å². The zero-order valence-electron chi connectivity index (χ0n) is 13.0. The van der Waals surface area contributed by atoms with E-state index < -0.39 is 0 Å². The molecule has 1 aromatic rings. The van der Waals surface area contributed by atoms with Gasteiger partial charge in [0.05, 0.1) is 6.61 Å². The third kappa shape index (κ3) is 4.05. The first-order chi connectivity index (χ1) is 9.52. The molecule has 0 aliphatic heterocycles. The van der Waals surface area contributed by atoms with E-state index in [1.54, 1.807) is 4.90 Å². The fraction of sp³-hybridized carbons (Fsp3) is 0.562. The van der Waals surface area contributed by atoms with Crippen molar-refractivity contribution in [3.63, 3.8) is 0 Å². The molecule has 0 saturated heterocycles. The Bertz CT molecular complexity index is 426. The van der Waals surface area contributed by atoms with Crippen LogP contribution in [0.3, 0.4) is 0 Å². The first kappa shape index (κ1) is 16.7. The quantitative estimate of drug-likeness (QED) is 0.827. The molecule has 0 aromatic heterocycles. The molecule has 0 aliphatic rings. The molecular formula is C16H26N2O2. The summed E-state index contributed by atoms with van der Waals surface area (Å²) >= 11 is 0. The van der Waals surface area contributed by atoms with Crippen LogP contribution in [0, 0.1) is 6.92 Å². The summed E-state index contributed by atoms with van der Waals surface area (Å²) in [5.74, 6) is 0.0557. The van der Waals surface area contributed by atoms with Gasteiger partial charge in [-0.2, -0.15) is 0 Å². The van der Waals surface area contributed by atoms with Crippen LogP contribution in [0.25, 0.3) is 0 Å². The van der Waals surface area contributed by atoms with Gasteiger partial charge in [0.1, 0.15) is 6.04 Å². The number of rotatable bonds is 7. The Kier molecular flexibility index (Phi) is 6.68. The normalized spacial score (nSPS) is 12.5. The monoisotopic (exact) mass is 278 g/mol. The average Bonchev–Trinajstić information content (AvgIpc) is 2.40. The van der Waals surface area contributed by atoms with E-state index in [-0.39, 0.29) is 18.6 Å². The molecule has 1 aromatic carbocycles. The van der Waals surface area contributed by atoms with E-state index in [1.165, 1.54) is 0 Å². The molecule has 0 saturated carbocycles. The number of amides is 1. The number of hydrogen-bond acceptors (Lipinski definition) is 3. The first-order valence-corrected chi connectivity index (χ1v) is 7.14. The summed E-state index contributed by atoms with van der Waals surface area (Å²) in [5, 5.41) is 9.15. The molecule has 0 aliphatic carbocycles. The standard InChI is InChI=1S/C16H26N2O2/c1-5-10-18(11-12-19)16(20)15(17(3)4)14-9-7-6-8-13(14)2/h6-9,15,19H,5,10-12H2,1-4H3. The molecule has 0 heterocycles. The Morgan fingerprint density at radius 2 is 1.90 bits per heavy atom. The zero-order chi connectivity index (χ0) is 15.1. The summed E-state index contributed by atoms with van der Waals surface area (Å²) in [5.41, 5.74) is 2.14. The van der Waals surface area contributed by atoms with Crippen LogP contribution < -0.4 is 0 Å². The number of aliphatic hydroxyl groups is 1. The third-order valence-corrected chi connectivity index (χ3v) is 3.41. The lowest BCUT2D eigenvalue weighted by atomic mass is 9.99. The first-order valence-electron chi connectivity index (χ1n) is 7.14. The van der Waals surface area contributed by atoms with Gasteiger partial charge in [0.15, 0.2) is 0 Å². The smallest absolute Gasteiger partial charge is 0.244 e. The van der Waals surface area contributed by atoms with Gasteiger partial charge >= 0.3 is 0 Å². The second-order valence-electron chi connectivity index (χ2n) is 5.27. The van der Waals surface area contributed by atoms with Gasteiger partial charge in [-0.1, -0.05) is 31.2 Å². The minimum absolute atomic E-state index is 0.000337. The van der Waals surface area contributed by atoms with Gasteiger partial charge in [0, 0.05) is 13.1 Å². The Morgan fingerprint density at radius 1 is 1.25 bits per heavy atom. The molecule has 4 nitrogen and oxygen atoms in total.